The lowest BCUT2D eigenvalue weighted by Gasteiger charge is -2.53. The standard InChI is InChI=1S/C28H21Cl2NO2/c1-18-31-25-15-9-8-14-23(25)28(19-10-4-2-5-11-19,20-12-6-3-7-13-20)33-27(31)22-16-21(29)17-24(30)26(22)32-18/h2-18,27H,1H3/t18-,27+/m0/s1. The molecule has 33 heavy (non-hydrogen) atoms. The zero-order valence-corrected chi connectivity index (χ0v) is 19.4. The van der Waals surface area contributed by atoms with Crippen molar-refractivity contribution in [2.75, 3.05) is 4.90 Å². The summed E-state index contributed by atoms with van der Waals surface area (Å²) in [4.78, 5) is 2.16. The molecule has 2 aliphatic heterocycles. The minimum Gasteiger partial charge on any atom is -0.469 e. The van der Waals surface area contributed by atoms with Gasteiger partial charge in [-0.2, -0.15) is 0 Å². The third-order valence-electron chi connectivity index (χ3n) is 6.45. The molecule has 6 rings (SSSR count). The topological polar surface area (TPSA) is 21.7 Å². The maximum Gasteiger partial charge on any atom is 0.171 e. The first-order chi connectivity index (χ1) is 16.1. The first kappa shape index (κ1) is 20.6. The summed E-state index contributed by atoms with van der Waals surface area (Å²) in [5.41, 5.74) is 4.20. The molecule has 0 unspecified atom stereocenters. The predicted octanol–water partition coefficient (Wildman–Crippen LogP) is 7.56. The first-order valence-electron chi connectivity index (χ1n) is 10.9. The average molecular weight is 474 g/mol. The fourth-order valence-corrected chi connectivity index (χ4v) is 5.64. The number of ether oxygens (including phenoxy) is 2. The van der Waals surface area contributed by atoms with Crippen LogP contribution in [0.1, 0.15) is 35.4 Å². The molecule has 4 aromatic rings. The summed E-state index contributed by atoms with van der Waals surface area (Å²) in [6.45, 7) is 2.01. The molecule has 164 valence electrons. The summed E-state index contributed by atoms with van der Waals surface area (Å²) < 4.78 is 13.5. The molecule has 0 saturated heterocycles. The Kier molecular flexibility index (Phi) is 4.88. The second kappa shape index (κ2) is 7.81. The van der Waals surface area contributed by atoms with Crippen LogP contribution >= 0.6 is 23.2 Å². The van der Waals surface area contributed by atoms with Crippen LogP contribution in [0.4, 0.5) is 5.69 Å². The Balaban J connectivity index is 1.69. The van der Waals surface area contributed by atoms with E-state index in [2.05, 4.69) is 53.4 Å². The molecule has 3 nitrogen and oxygen atoms in total. The minimum absolute atomic E-state index is 0.285. The van der Waals surface area contributed by atoms with Gasteiger partial charge < -0.3 is 14.4 Å². The lowest BCUT2D eigenvalue weighted by atomic mass is 9.77. The van der Waals surface area contributed by atoms with Crippen LogP contribution < -0.4 is 9.64 Å². The van der Waals surface area contributed by atoms with E-state index >= 15 is 0 Å². The Morgan fingerprint density at radius 3 is 2.06 bits per heavy atom. The van der Waals surface area contributed by atoms with Crippen LogP contribution in [0.5, 0.6) is 5.75 Å². The van der Waals surface area contributed by atoms with Crippen LogP contribution in [0.3, 0.4) is 0 Å². The number of halogens is 2. The van der Waals surface area contributed by atoms with Crippen molar-refractivity contribution in [3.05, 3.63) is 129 Å². The number of nitrogens with zero attached hydrogens (tertiary/aromatic N) is 1. The minimum atomic E-state index is -0.830. The zero-order valence-electron chi connectivity index (χ0n) is 17.9. The van der Waals surface area contributed by atoms with Gasteiger partial charge in [-0.15, -0.1) is 0 Å². The Bertz CT molecular complexity index is 1290. The highest BCUT2D eigenvalue weighted by Crippen LogP contribution is 2.56. The zero-order chi connectivity index (χ0) is 22.6. The van der Waals surface area contributed by atoms with E-state index in [1.165, 1.54) is 0 Å². The molecular formula is C28H21Cl2NO2. The number of benzene rings is 4. The quantitative estimate of drug-likeness (QED) is 0.299. The molecule has 0 aromatic heterocycles. The van der Waals surface area contributed by atoms with Crippen LogP contribution in [0.15, 0.2) is 97.1 Å². The van der Waals surface area contributed by atoms with Crippen molar-refractivity contribution in [2.24, 2.45) is 0 Å². The lowest BCUT2D eigenvalue weighted by Crippen LogP contribution is -2.53. The van der Waals surface area contributed by atoms with Gasteiger partial charge in [-0.05, 0) is 36.2 Å². The summed E-state index contributed by atoms with van der Waals surface area (Å²) in [5, 5.41) is 1.03. The lowest BCUT2D eigenvalue weighted by molar-refractivity contribution is -0.0829. The molecule has 4 aromatic carbocycles. The van der Waals surface area contributed by atoms with E-state index in [1.807, 2.05) is 49.4 Å². The molecule has 0 amide bonds. The number of rotatable bonds is 2. The van der Waals surface area contributed by atoms with Crippen LogP contribution in [0.25, 0.3) is 0 Å². The van der Waals surface area contributed by atoms with Crippen molar-refractivity contribution in [2.45, 2.75) is 25.0 Å². The molecule has 0 N–H and O–H groups in total. The van der Waals surface area contributed by atoms with Crippen molar-refractivity contribution in [1.82, 2.24) is 0 Å². The molecule has 2 heterocycles. The number of hydrogen-bond donors (Lipinski definition) is 0. The molecule has 0 spiro atoms. The molecule has 0 bridgehead atoms. The SMILES string of the molecule is C[C@@H]1Oc2c(Cl)cc(Cl)cc2[C@H]2OC(c3ccccc3)(c3ccccc3)c3ccccc3N12. The van der Waals surface area contributed by atoms with Gasteiger partial charge in [-0.3, -0.25) is 0 Å². The van der Waals surface area contributed by atoms with Crippen LogP contribution in [0.2, 0.25) is 10.0 Å². The van der Waals surface area contributed by atoms with E-state index in [0.717, 1.165) is 27.9 Å². The van der Waals surface area contributed by atoms with Gasteiger partial charge in [0.15, 0.2) is 12.5 Å². The fraction of sp³-hybridized carbons (Fsp3) is 0.143. The average Bonchev–Trinajstić information content (AvgIpc) is 2.85. The van der Waals surface area contributed by atoms with Gasteiger partial charge in [0.05, 0.1) is 5.02 Å². The summed E-state index contributed by atoms with van der Waals surface area (Å²) in [7, 11) is 0. The fourth-order valence-electron chi connectivity index (χ4n) is 5.09. The maximum atomic E-state index is 7.21. The first-order valence-corrected chi connectivity index (χ1v) is 11.7. The number of para-hydroxylation sites is 1. The monoisotopic (exact) mass is 473 g/mol. The highest BCUT2D eigenvalue weighted by atomic mass is 35.5. The normalized spacial score (nSPS) is 20.3. The number of anilines is 1. The van der Waals surface area contributed by atoms with E-state index in [-0.39, 0.29) is 6.23 Å². The number of hydrogen-bond acceptors (Lipinski definition) is 3. The summed E-state index contributed by atoms with van der Waals surface area (Å²) in [5.74, 6) is 0.615. The maximum absolute atomic E-state index is 7.21. The Labute approximate surface area is 203 Å². The van der Waals surface area contributed by atoms with Crippen LogP contribution in [0, 0.1) is 0 Å². The van der Waals surface area contributed by atoms with Gasteiger partial charge in [-0.25, -0.2) is 0 Å². The van der Waals surface area contributed by atoms with E-state index in [0.29, 0.717) is 15.8 Å². The molecule has 0 fully saturated rings. The third-order valence-corrected chi connectivity index (χ3v) is 6.95. The third kappa shape index (κ3) is 3.07. The smallest absolute Gasteiger partial charge is 0.171 e. The molecule has 0 radical (unpaired) electrons. The Hall–Kier alpha value is -2.98. The summed E-state index contributed by atoms with van der Waals surface area (Å²) in [6.07, 6.45) is -0.734. The van der Waals surface area contributed by atoms with Gasteiger partial charge in [0, 0.05) is 21.8 Å². The highest BCUT2D eigenvalue weighted by molar-refractivity contribution is 6.35. The summed E-state index contributed by atoms with van der Waals surface area (Å²) >= 11 is 13.0. The molecule has 5 heteroatoms. The van der Waals surface area contributed by atoms with Crippen LogP contribution in [-0.2, 0) is 10.3 Å². The van der Waals surface area contributed by atoms with Crippen LogP contribution in [-0.4, -0.2) is 6.23 Å². The van der Waals surface area contributed by atoms with Crippen molar-refractivity contribution >= 4 is 28.9 Å². The second-order valence-corrected chi connectivity index (χ2v) is 9.17. The van der Waals surface area contributed by atoms with E-state index in [4.69, 9.17) is 32.7 Å². The van der Waals surface area contributed by atoms with E-state index in [1.54, 1.807) is 6.07 Å². The Morgan fingerprint density at radius 1 is 0.788 bits per heavy atom. The number of fused-ring (bicyclic) bond motifs is 5. The molecule has 0 saturated carbocycles. The predicted molar refractivity (Wildman–Crippen MR) is 132 cm³/mol. The van der Waals surface area contributed by atoms with Crippen molar-refractivity contribution in [3.63, 3.8) is 0 Å². The molecular weight excluding hydrogens is 453 g/mol. The summed E-state index contributed by atoms with van der Waals surface area (Å²) in [6, 6.07) is 32.7. The molecule has 2 atom stereocenters. The molecule has 2 aliphatic rings. The molecule has 0 aliphatic carbocycles. The van der Waals surface area contributed by atoms with Gasteiger partial charge in [-0.1, -0.05) is 102 Å². The highest BCUT2D eigenvalue weighted by Gasteiger charge is 2.51. The van der Waals surface area contributed by atoms with Crippen molar-refractivity contribution < 1.29 is 9.47 Å². The largest absolute Gasteiger partial charge is 0.469 e. The van der Waals surface area contributed by atoms with Gasteiger partial charge in [0.1, 0.15) is 11.4 Å². The van der Waals surface area contributed by atoms with Gasteiger partial charge in [0.25, 0.3) is 0 Å². The second-order valence-electron chi connectivity index (χ2n) is 8.33. The van der Waals surface area contributed by atoms with Crippen molar-refractivity contribution in [1.29, 1.82) is 0 Å². The van der Waals surface area contributed by atoms with Crippen molar-refractivity contribution in [3.8, 4) is 5.75 Å². The van der Waals surface area contributed by atoms with E-state index in [9.17, 15) is 0 Å². The van der Waals surface area contributed by atoms with E-state index < -0.39 is 11.8 Å². The van der Waals surface area contributed by atoms with Gasteiger partial charge in [0.2, 0.25) is 0 Å². The van der Waals surface area contributed by atoms with Gasteiger partial charge >= 0.3 is 0 Å². The Morgan fingerprint density at radius 2 is 1.39 bits per heavy atom.